The first-order chi connectivity index (χ1) is 7.74. The summed E-state index contributed by atoms with van der Waals surface area (Å²) in [5.41, 5.74) is 2.28. The Morgan fingerprint density at radius 1 is 1.12 bits per heavy atom. The third-order valence-electron chi connectivity index (χ3n) is 3.08. The van der Waals surface area contributed by atoms with E-state index in [1.165, 1.54) is 16.3 Å². The van der Waals surface area contributed by atoms with Crippen LogP contribution in [-0.2, 0) is 0 Å². The highest BCUT2D eigenvalue weighted by Crippen LogP contribution is 2.29. The van der Waals surface area contributed by atoms with Gasteiger partial charge in [0.05, 0.1) is 6.10 Å². The van der Waals surface area contributed by atoms with Crippen LogP contribution in [0.15, 0.2) is 36.4 Å². The van der Waals surface area contributed by atoms with Gasteiger partial charge in [-0.05, 0) is 35.2 Å². The van der Waals surface area contributed by atoms with Gasteiger partial charge in [0.25, 0.3) is 0 Å². The van der Waals surface area contributed by atoms with Crippen molar-refractivity contribution in [1.82, 2.24) is 0 Å². The average molecular weight is 214 g/mol. The molecule has 1 N–H and O–H groups in total. The maximum atomic E-state index is 10.2. The summed E-state index contributed by atoms with van der Waals surface area (Å²) in [5, 5.41) is 12.6. The van der Waals surface area contributed by atoms with Gasteiger partial charge in [0.2, 0.25) is 0 Å². The summed E-state index contributed by atoms with van der Waals surface area (Å²) in [5.74, 6) is 0. The monoisotopic (exact) mass is 214 g/mol. The van der Waals surface area contributed by atoms with Crippen molar-refractivity contribution >= 4 is 10.8 Å². The Labute approximate surface area is 96.7 Å². The summed E-state index contributed by atoms with van der Waals surface area (Å²) in [6, 6.07) is 12.5. The smallest absolute Gasteiger partial charge is 0.0798 e. The number of hydrogen-bond acceptors (Lipinski definition) is 1. The van der Waals surface area contributed by atoms with E-state index in [0.717, 1.165) is 18.4 Å². The third kappa shape index (κ3) is 1.96. The van der Waals surface area contributed by atoms with Crippen LogP contribution >= 0.6 is 0 Å². The van der Waals surface area contributed by atoms with Crippen LogP contribution in [0.2, 0.25) is 0 Å². The standard InChI is InChI=1S/C15H18O/c1-3-6-14(16)15-11(2)9-10-12-7-4-5-8-13(12)15/h4-5,7-10,14,16H,3,6H2,1-2H3. The van der Waals surface area contributed by atoms with Gasteiger partial charge in [-0.25, -0.2) is 0 Å². The van der Waals surface area contributed by atoms with Crippen molar-refractivity contribution in [3.63, 3.8) is 0 Å². The highest BCUT2D eigenvalue weighted by atomic mass is 16.3. The minimum absolute atomic E-state index is 0.337. The molecule has 0 saturated heterocycles. The Morgan fingerprint density at radius 2 is 1.88 bits per heavy atom. The van der Waals surface area contributed by atoms with Crippen molar-refractivity contribution in [3.05, 3.63) is 47.5 Å². The molecule has 1 unspecified atom stereocenters. The van der Waals surface area contributed by atoms with Crippen molar-refractivity contribution < 1.29 is 5.11 Å². The van der Waals surface area contributed by atoms with Crippen LogP contribution in [0.3, 0.4) is 0 Å². The lowest BCUT2D eigenvalue weighted by Crippen LogP contribution is -2.00. The Balaban J connectivity index is 2.61. The van der Waals surface area contributed by atoms with Gasteiger partial charge in [0.1, 0.15) is 0 Å². The highest BCUT2D eigenvalue weighted by Gasteiger charge is 2.12. The zero-order valence-corrected chi connectivity index (χ0v) is 9.90. The predicted molar refractivity (Wildman–Crippen MR) is 68.6 cm³/mol. The van der Waals surface area contributed by atoms with Crippen molar-refractivity contribution in [1.29, 1.82) is 0 Å². The molecule has 1 atom stereocenters. The number of hydrogen-bond donors (Lipinski definition) is 1. The lowest BCUT2D eigenvalue weighted by Gasteiger charge is -2.15. The fourth-order valence-corrected chi connectivity index (χ4v) is 2.26. The van der Waals surface area contributed by atoms with E-state index >= 15 is 0 Å². The zero-order valence-electron chi connectivity index (χ0n) is 9.90. The van der Waals surface area contributed by atoms with Gasteiger partial charge in [0, 0.05) is 0 Å². The van der Waals surface area contributed by atoms with Crippen LogP contribution in [0.1, 0.15) is 37.0 Å². The molecular formula is C15H18O. The lowest BCUT2D eigenvalue weighted by atomic mass is 9.94. The fraction of sp³-hybridized carbons (Fsp3) is 0.333. The fourth-order valence-electron chi connectivity index (χ4n) is 2.26. The highest BCUT2D eigenvalue weighted by molar-refractivity contribution is 5.87. The Bertz CT molecular complexity index is 488. The molecule has 0 radical (unpaired) electrons. The first-order valence-electron chi connectivity index (χ1n) is 5.90. The van der Waals surface area contributed by atoms with Gasteiger partial charge >= 0.3 is 0 Å². The van der Waals surface area contributed by atoms with E-state index in [1.807, 2.05) is 12.1 Å². The van der Waals surface area contributed by atoms with E-state index in [4.69, 9.17) is 0 Å². The summed E-state index contributed by atoms with van der Waals surface area (Å²) in [6.07, 6.45) is 1.50. The molecule has 0 bridgehead atoms. The van der Waals surface area contributed by atoms with Crippen LogP contribution in [-0.4, -0.2) is 5.11 Å². The van der Waals surface area contributed by atoms with Crippen molar-refractivity contribution in [3.8, 4) is 0 Å². The molecule has 0 saturated carbocycles. The average Bonchev–Trinajstić information content (AvgIpc) is 2.29. The van der Waals surface area contributed by atoms with Gasteiger partial charge in [0.15, 0.2) is 0 Å². The summed E-state index contributed by atoms with van der Waals surface area (Å²) >= 11 is 0. The van der Waals surface area contributed by atoms with E-state index in [1.54, 1.807) is 0 Å². The minimum atomic E-state index is -0.337. The lowest BCUT2D eigenvalue weighted by molar-refractivity contribution is 0.167. The molecule has 0 aliphatic rings. The van der Waals surface area contributed by atoms with Crippen molar-refractivity contribution in [2.45, 2.75) is 32.8 Å². The number of rotatable bonds is 3. The SMILES string of the molecule is CCCC(O)c1c(C)ccc2ccccc12. The number of benzene rings is 2. The molecule has 2 aromatic carbocycles. The second-order valence-corrected chi connectivity index (χ2v) is 4.32. The molecule has 0 aliphatic carbocycles. The van der Waals surface area contributed by atoms with Crippen LogP contribution in [0.4, 0.5) is 0 Å². The third-order valence-corrected chi connectivity index (χ3v) is 3.08. The summed E-state index contributed by atoms with van der Waals surface area (Å²) in [7, 11) is 0. The molecule has 1 nitrogen and oxygen atoms in total. The van der Waals surface area contributed by atoms with E-state index in [0.29, 0.717) is 0 Å². The summed E-state index contributed by atoms with van der Waals surface area (Å²) < 4.78 is 0. The number of fused-ring (bicyclic) bond motifs is 1. The van der Waals surface area contributed by atoms with Gasteiger partial charge in [-0.1, -0.05) is 49.7 Å². The van der Waals surface area contributed by atoms with Crippen LogP contribution < -0.4 is 0 Å². The second-order valence-electron chi connectivity index (χ2n) is 4.32. The molecule has 0 amide bonds. The molecule has 16 heavy (non-hydrogen) atoms. The number of aryl methyl sites for hydroxylation is 1. The van der Waals surface area contributed by atoms with E-state index in [2.05, 4.69) is 38.1 Å². The molecule has 1 heteroatoms. The number of aliphatic hydroxyl groups excluding tert-OH is 1. The molecule has 2 rings (SSSR count). The topological polar surface area (TPSA) is 20.2 Å². The second kappa shape index (κ2) is 4.67. The van der Waals surface area contributed by atoms with Crippen LogP contribution in [0, 0.1) is 6.92 Å². The Hall–Kier alpha value is -1.34. The maximum absolute atomic E-state index is 10.2. The molecular weight excluding hydrogens is 196 g/mol. The quantitative estimate of drug-likeness (QED) is 0.819. The largest absolute Gasteiger partial charge is 0.388 e. The molecule has 84 valence electrons. The maximum Gasteiger partial charge on any atom is 0.0798 e. The van der Waals surface area contributed by atoms with Crippen molar-refractivity contribution in [2.24, 2.45) is 0 Å². The molecule has 0 aromatic heterocycles. The van der Waals surface area contributed by atoms with Gasteiger partial charge < -0.3 is 5.11 Å². The van der Waals surface area contributed by atoms with Gasteiger partial charge in [-0.2, -0.15) is 0 Å². The van der Waals surface area contributed by atoms with Gasteiger partial charge in [-0.15, -0.1) is 0 Å². The molecule has 2 aromatic rings. The van der Waals surface area contributed by atoms with Crippen LogP contribution in [0.25, 0.3) is 10.8 Å². The van der Waals surface area contributed by atoms with Gasteiger partial charge in [-0.3, -0.25) is 0 Å². The first-order valence-corrected chi connectivity index (χ1v) is 5.90. The molecule has 0 heterocycles. The molecule has 0 aliphatic heterocycles. The normalized spacial score (nSPS) is 12.9. The minimum Gasteiger partial charge on any atom is -0.388 e. The predicted octanol–water partition coefficient (Wildman–Crippen LogP) is 3.98. The molecule has 0 spiro atoms. The summed E-state index contributed by atoms with van der Waals surface area (Å²) in [6.45, 7) is 4.17. The Morgan fingerprint density at radius 3 is 2.62 bits per heavy atom. The van der Waals surface area contributed by atoms with E-state index in [-0.39, 0.29) is 6.10 Å². The summed E-state index contributed by atoms with van der Waals surface area (Å²) in [4.78, 5) is 0. The first kappa shape index (κ1) is 11.2. The van der Waals surface area contributed by atoms with Crippen molar-refractivity contribution in [2.75, 3.05) is 0 Å². The van der Waals surface area contributed by atoms with E-state index in [9.17, 15) is 5.11 Å². The van der Waals surface area contributed by atoms with E-state index < -0.39 is 0 Å². The van der Waals surface area contributed by atoms with Crippen LogP contribution in [0.5, 0.6) is 0 Å². The molecule has 0 fully saturated rings. The Kier molecular flexibility index (Phi) is 3.25. The zero-order chi connectivity index (χ0) is 11.5. The number of aliphatic hydroxyl groups is 1.